The van der Waals surface area contributed by atoms with Crippen LogP contribution in [-0.4, -0.2) is 15.2 Å². The molecule has 0 aliphatic carbocycles. The topological polar surface area (TPSA) is 73.9 Å². The number of aromatic nitrogens is 3. The summed E-state index contributed by atoms with van der Waals surface area (Å²) in [5.41, 5.74) is 6.00. The normalized spacial score (nSPS) is 9.93. The van der Waals surface area contributed by atoms with Gasteiger partial charge in [0.1, 0.15) is 0 Å². The number of nitrogen functional groups attached to an aromatic ring is 1. The Morgan fingerprint density at radius 3 is 2.93 bits per heavy atom. The number of hydrogen-bond acceptors (Lipinski definition) is 5. The standard InChI is InChI=1S/C9H7ClN4O/c10-6-4-7(11)9(12-5-6)15-8-2-1-3-13-14-8/h1-5H,11H2. The number of anilines is 1. The first-order valence-electron chi connectivity index (χ1n) is 4.12. The van der Waals surface area contributed by atoms with E-state index in [-0.39, 0.29) is 5.88 Å². The van der Waals surface area contributed by atoms with Crippen molar-refractivity contribution in [1.29, 1.82) is 0 Å². The molecule has 0 atom stereocenters. The second-order valence-corrected chi connectivity index (χ2v) is 3.15. The Kier molecular flexibility index (Phi) is 2.64. The van der Waals surface area contributed by atoms with E-state index < -0.39 is 0 Å². The fraction of sp³-hybridized carbons (Fsp3) is 0. The van der Waals surface area contributed by atoms with Crippen LogP contribution in [0.4, 0.5) is 5.69 Å². The number of hydrogen-bond donors (Lipinski definition) is 1. The highest BCUT2D eigenvalue weighted by atomic mass is 35.5. The second-order valence-electron chi connectivity index (χ2n) is 2.71. The molecule has 15 heavy (non-hydrogen) atoms. The molecule has 0 bridgehead atoms. The van der Waals surface area contributed by atoms with Gasteiger partial charge in [-0.1, -0.05) is 11.6 Å². The lowest BCUT2D eigenvalue weighted by Gasteiger charge is -2.04. The third kappa shape index (κ3) is 2.32. The Balaban J connectivity index is 2.25. The minimum atomic E-state index is 0.264. The second kappa shape index (κ2) is 4.10. The molecule has 0 unspecified atom stereocenters. The average Bonchev–Trinajstić information content (AvgIpc) is 2.24. The molecular formula is C9H7ClN4O. The van der Waals surface area contributed by atoms with Crippen molar-refractivity contribution in [3.05, 3.63) is 35.6 Å². The predicted octanol–water partition coefficient (Wildman–Crippen LogP) is 1.90. The fourth-order valence-electron chi connectivity index (χ4n) is 0.969. The molecule has 2 N–H and O–H groups in total. The molecule has 0 radical (unpaired) electrons. The van der Waals surface area contributed by atoms with E-state index in [9.17, 15) is 0 Å². The lowest BCUT2D eigenvalue weighted by molar-refractivity contribution is 0.440. The Hall–Kier alpha value is -1.88. The molecule has 0 aromatic carbocycles. The van der Waals surface area contributed by atoms with Gasteiger partial charge in [-0.25, -0.2) is 4.98 Å². The van der Waals surface area contributed by atoms with Crippen LogP contribution < -0.4 is 10.5 Å². The first kappa shape index (κ1) is 9.67. The molecule has 0 spiro atoms. The number of nitrogens with two attached hydrogens (primary N) is 1. The predicted molar refractivity (Wildman–Crippen MR) is 55.8 cm³/mol. The van der Waals surface area contributed by atoms with E-state index in [2.05, 4.69) is 15.2 Å². The maximum absolute atomic E-state index is 5.69. The molecular weight excluding hydrogens is 216 g/mol. The summed E-state index contributed by atoms with van der Waals surface area (Å²) in [4.78, 5) is 3.93. The first-order valence-corrected chi connectivity index (χ1v) is 4.50. The van der Waals surface area contributed by atoms with Crippen LogP contribution in [0.1, 0.15) is 0 Å². The molecule has 0 saturated heterocycles. The average molecular weight is 223 g/mol. The summed E-state index contributed by atoms with van der Waals surface area (Å²) in [7, 11) is 0. The van der Waals surface area contributed by atoms with Gasteiger partial charge in [-0.2, -0.15) is 5.10 Å². The van der Waals surface area contributed by atoms with Gasteiger partial charge in [-0.3, -0.25) is 0 Å². The number of rotatable bonds is 2. The number of ether oxygens (including phenoxy) is 1. The molecule has 2 rings (SSSR count). The summed E-state index contributed by atoms with van der Waals surface area (Å²) in [6.07, 6.45) is 3.00. The lowest BCUT2D eigenvalue weighted by Crippen LogP contribution is -1.96. The summed E-state index contributed by atoms with van der Waals surface area (Å²) in [5.74, 6) is 0.596. The van der Waals surface area contributed by atoms with Crippen molar-refractivity contribution in [3.8, 4) is 11.8 Å². The zero-order valence-electron chi connectivity index (χ0n) is 7.59. The van der Waals surface area contributed by atoms with Crippen LogP contribution in [0.3, 0.4) is 0 Å². The Bertz CT molecular complexity index is 463. The van der Waals surface area contributed by atoms with Crippen molar-refractivity contribution >= 4 is 17.3 Å². The van der Waals surface area contributed by atoms with Gasteiger partial charge < -0.3 is 10.5 Å². The minimum Gasteiger partial charge on any atom is -0.417 e. The number of halogens is 1. The van der Waals surface area contributed by atoms with E-state index in [1.807, 2.05) is 0 Å². The Morgan fingerprint density at radius 2 is 2.27 bits per heavy atom. The van der Waals surface area contributed by atoms with Crippen LogP contribution >= 0.6 is 11.6 Å². The Morgan fingerprint density at radius 1 is 1.40 bits per heavy atom. The summed E-state index contributed by atoms with van der Waals surface area (Å²) < 4.78 is 5.30. The minimum absolute atomic E-state index is 0.264. The largest absolute Gasteiger partial charge is 0.417 e. The van der Waals surface area contributed by atoms with Crippen molar-refractivity contribution in [2.75, 3.05) is 5.73 Å². The smallest absolute Gasteiger partial charge is 0.244 e. The lowest BCUT2D eigenvalue weighted by atomic mass is 10.4. The molecule has 0 aliphatic heterocycles. The van der Waals surface area contributed by atoms with Gasteiger partial charge in [-0.05, 0) is 12.1 Å². The third-order valence-corrected chi connectivity index (χ3v) is 1.80. The molecule has 0 saturated carbocycles. The van der Waals surface area contributed by atoms with Crippen LogP contribution in [0.15, 0.2) is 30.6 Å². The zero-order valence-corrected chi connectivity index (χ0v) is 8.35. The van der Waals surface area contributed by atoms with Crippen LogP contribution in [0.25, 0.3) is 0 Å². The molecule has 6 heteroatoms. The van der Waals surface area contributed by atoms with Gasteiger partial charge in [0, 0.05) is 18.5 Å². The Labute approximate surface area is 90.9 Å². The SMILES string of the molecule is Nc1cc(Cl)cnc1Oc1cccnn1. The van der Waals surface area contributed by atoms with E-state index >= 15 is 0 Å². The van der Waals surface area contributed by atoms with Crippen molar-refractivity contribution in [2.45, 2.75) is 0 Å². The van der Waals surface area contributed by atoms with Gasteiger partial charge in [0.2, 0.25) is 11.8 Å². The van der Waals surface area contributed by atoms with Gasteiger partial charge in [0.25, 0.3) is 0 Å². The number of nitrogens with zero attached hydrogens (tertiary/aromatic N) is 3. The zero-order chi connectivity index (χ0) is 10.7. The van der Waals surface area contributed by atoms with Crippen LogP contribution in [-0.2, 0) is 0 Å². The number of pyridine rings is 1. The maximum Gasteiger partial charge on any atom is 0.244 e. The summed E-state index contributed by atoms with van der Waals surface area (Å²) in [5, 5.41) is 7.85. The van der Waals surface area contributed by atoms with E-state index in [4.69, 9.17) is 22.1 Å². The van der Waals surface area contributed by atoms with Crippen molar-refractivity contribution in [1.82, 2.24) is 15.2 Å². The highest BCUT2D eigenvalue weighted by Crippen LogP contribution is 2.25. The van der Waals surface area contributed by atoms with Gasteiger partial charge in [0.15, 0.2) is 0 Å². The van der Waals surface area contributed by atoms with Crippen LogP contribution in [0.5, 0.6) is 11.8 Å². The fourth-order valence-corrected chi connectivity index (χ4v) is 1.13. The van der Waals surface area contributed by atoms with Crippen LogP contribution in [0.2, 0.25) is 5.02 Å². The first-order chi connectivity index (χ1) is 7.25. The van der Waals surface area contributed by atoms with Crippen LogP contribution in [0, 0.1) is 0 Å². The molecule has 2 aromatic heterocycles. The van der Waals surface area contributed by atoms with Gasteiger partial charge >= 0.3 is 0 Å². The summed E-state index contributed by atoms with van der Waals surface area (Å²) in [6, 6.07) is 4.91. The van der Waals surface area contributed by atoms with Crippen molar-refractivity contribution < 1.29 is 4.74 Å². The molecule has 76 valence electrons. The third-order valence-electron chi connectivity index (χ3n) is 1.59. The molecule has 2 aromatic rings. The van der Waals surface area contributed by atoms with Crippen molar-refractivity contribution in [3.63, 3.8) is 0 Å². The molecule has 0 fully saturated rings. The van der Waals surface area contributed by atoms with Crippen molar-refractivity contribution in [2.24, 2.45) is 0 Å². The molecule has 0 aliphatic rings. The summed E-state index contributed by atoms with van der Waals surface area (Å²) >= 11 is 5.69. The molecule has 2 heterocycles. The maximum atomic E-state index is 5.69. The van der Waals surface area contributed by atoms with E-state index in [1.54, 1.807) is 24.4 Å². The quantitative estimate of drug-likeness (QED) is 0.840. The molecule has 0 amide bonds. The van der Waals surface area contributed by atoms with Gasteiger partial charge in [0.05, 0.1) is 10.7 Å². The molecule has 5 nitrogen and oxygen atoms in total. The highest BCUT2D eigenvalue weighted by molar-refractivity contribution is 6.30. The van der Waals surface area contributed by atoms with Gasteiger partial charge in [-0.15, -0.1) is 5.10 Å². The van der Waals surface area contributed by atoms with E-state index in [1.165, 1.54) is 6.20 Å². The van der Waals surface area contributed by atoms with E-state index in [0.29, 0.717) is 16.6 Å². The monoisotopic (exact) mass is 222 g/mol. The summed E-state index contributed by atoms with van der Waals surface area (Å²) in [6.45, 7) is 0. The highest BCUT2D eigenvalue weighted by Gasteiger charge is 2.04. The van der Waals surface area contributed by atoms with E-state index in [0.717, 1.165) is 0 Å².